The van der Waals surface area contributed by atoms with Gasteiger partial charge in [0.2, 0.25) is 0 Å². The molecular formula is C9H19NO3. The van der Waals surface area contributed by atoms with E-state index in [1.807, 2.05) is 6.92 Å². The molecule has 0 aromatic heterocycles. The molecule has 4 nitrogen and oxygen atoms in total. The highest BCUT2D eigenvalue weighted by atomic mass is 16.6. The molecule has 2 N–H and O–H groups in total. The first-order chi connectivity index (χ1) is 6.26. The van der Waals surface area contributed by atoms with E-state index in [2.05, 4.69) is 0 Å². The SMILES string of the molecule is CCCC(CN)C(=O)OCCOC. The van der Waals surface area contributed by atoms with Crippen molar-refractivity contribution in [3.8, 4) is 0 Å². The fourth-order valence-corrected chi connectivity index (χ4v) is 1.02. The zero-order valence-corrected chi connectivity index (χ0v) is 8.41. The normalized spacial score (nSPS) is 12.5. The van der Waals surface area contributed by atoms with Gasteiger partial charge in [0.1, 0.15) is 6.61 Å². The summed E-state index contributed by atoms with van der Waals surface area (Å²) in [6.07, 6.45) is 1.74. The molecule has 0 heterocycles. The molecular weight excluding hydrogens is 170 g/mol. The topological polar surface area (TPSA) is 61.6 Å². The molecule has 78 valence electrons. The molecule has 0 bridgehead atoms. The quantitative estimate of drug-likeness (QED) is 0.469. The summed E-state index contributed by atoms with van der Waals surface area (Å²) in [5.74, 6) is -0.358. The summed E-state index contributed by atoms with van der Waals surface area (Å²) < 4.78 is 9.70. The maximum atomic E-state index is 11.3. The average molecular weight is 189 g/mol. The van der Waals surface area contributed by atoms with Gasteiger partial charge in [0, 0.05) is 13.7 Å². The second kappa shape index (κ2) is 8.01. The highest BCUT2D eigenvalue weighted by Crippen LogP contribution is 2.06. The van der Waals surface area contributed by atoms with E-state index in [4.69, 9.17) is 15.2 Å². The Bertz CT molecular complexity index is 139. The van der Waals surface area contributed by atoms with E-state index in [1.54, 1.807) is 7.11 Å². The monoisotopic (exact) mass is 189 g/mol. The fourth-order valence-electron chi connectivity index (χ4n) is 1.02. The van der Waals surface area contributed by atoms with Crippen LogP contribution in [0, 0.1) is 5.92 Å². The molecule has 1 unspecified atom stereocenters. The van der Waals surface area contributed by atoms with Gasteiger partial charge in [0.05, 0.1) is 12.5 Å². The summed E-state index contributed by atoms with van der Waals surface area (Å²) in [5.41, 5.74) is 5.43. The largest absolute Gasteiger partial charge is 0.463 e. The lowest BCUT2D eigenvalue weighted by Gasteiger charge is -2.12. The molecule has 0 amide bonds. The summed E-state index contributed by atoms with van der Waals surface area (Å²) in [6, 6.07) is 0. The predicted octanol–water partition coefficient (Wildman–Crippen LogP) is 0.551. The number of methoxy groups -OCH3 is 1. The number of hydrogen-bond donors (Lipinski definition) is 1. The Labute approximate surface area is 79.4 Å². The van der Waals surface area contributed by atoms with Gasteiger partial charge in [-0.25, -0.2) is 0 Å². The highest BCUT2D eigenvalue weighted by molar-refractivity contribution is 5.72. The van der Waals surface area contributed by atoms with Crippen molar-refractivity contribution in [2.24, 2.45) is 11.7 Å². The highest BCUT2D eigenvalue weighted by Gasteiger charge is 2.16. The van der Waals surface area contributed by atoms with Gasteiger partial charge in [-0.2, -0.15) is 0 Å². The third-order valence-electron chi connectivity index (χ3n) is 1.79. The molecule has 0 aromatic carbocycles. The molecule has 0 radical (unpaired) electrons. The van der Waals surface area contributed by atoms with Crippen LogP contribution in [0.4, 0.5) is 0 Å². The molecule has 13 heavy (non-hydrogen) atoms. The van der Waals surface area contributed by atoms with E-state index in [9.17, 15) is 4.79 Å². The maximum Gasteiger partial charge on any atom is 0.310 e. The van der Waals surface area contributed by atoms with Crippen LogP contribution in [0.25, 0.3) is 0 Å². The van der Waals surface area contributed by atoms with Crippen LogP contribution in [-0.2, 0) is 14.3 Å². The van der Waals surface area contributed by atoms with Gasteiger partial charge in [-0.05, 0) is 6.42 Å². The molecule has 4 heteroatoms. The second-order valence-corrected chi connectivity index (χ2v) is 2.88. The molecule has 0 saturated carbocycles. The van der Waals surface area contributed by atoms with Crippen molar-refractivity contribution in [3.05, 3.63) is 0 Å². The Hall–Kier alpha value is -0.610. The minimum absolute atomic E-state index is 0.151. The van der Waals surface area contributed by atoms with Crippen LogP contribution in [0.2, 0.25) is 0 Å². The molecule has 0 aliphatic carbocycles. The fraction of sp³-hybridized carbons (Fsp3) is 0.889. The third-order valence-corrected chi connectivity index (χ3v) is 1.79. The lowest BCUT2D eigenvalue weighted by molar-refractivity contribution is -0.149. The maximum absolute atomic E-state index is 11.3. The number of ether oxygens (including phenoxy) is 2. The number of esters is 1. The van der Waals surface area contributed by atoms with E-state index < -0.39 is 0 Å². The Kier molecular flexibility index (Phi) is 7.63. The average Bonchev–Trinajstić information content (AvgIpc) is 2.14. The molecule has 0 aliphatic heterocycles. The van der Waals surface area contributed by atoms with Gasteiger partial charge in [-0.3, -0.25) is 4.79 Å². The van der Waals surface area contributed by atoms with Crippen molar-refractivity contribution in [1.29, 1.82) is 0 Å². The molecule has 0 fully saturated rings. The lowest BCUT2D eigenvalue weighted by Crippen LogP contribution is -2.26. The lowest BCUT2D eigenvalue weighted by atomic mass is 10.0. The molecule has 0 saturated heterocycles. The summed E-state index contributed by atoms with van der Waals surface area (Å²) in [5, 5.41) is 0. The van der Waals surface area contributed by atoms with E-state index in [1.165, 1.54) is 0 Å². The Morgan fingerprint density at radius 2 is 2.15 bits per heavy atom. The zero-order valence-electron chi connectivity index (χ0n) is 8.41. The van der Waals surface area contributed by atoms with E-state index in [0.717, 1.165) is 12.8 Å². The van der Waals surface area contributed by atoms with Crippen molar-refractivity contribution in [1.82, 2.24) is 0 Å². The first kappa shape index (κ1) is 12.4. The van der Waals surface area contributed by atoms with Crippen molar-refractivity contribution in [2.75, 3.05) is 26.9 Å². The van der Waals surface area contributed by atoms with E-state index >= 15 is 0 Å². The first-order valence-corrected chi connectivity index (χ1v) is 4.61. The number of rotatable bonds is 7. The number of carbonyl (C=O) groups excluding carboxylic acids is 1. The van der Waals surface area contributed by atoms with Crippen LogP contribution in [-0.4, -0.2) is 32.8 Å². The van der Waals surface area contributed by atoms with Crippen LogP contribution < -0.4 is 5.73 Å². The van der Waals surface area contributed by atoms with Crippen molar-refractivity contribution in [3.63, 3.8) is 0 Å². The van der Waals surface area contributed by atoms with Gasteiger partial charge in [0.25, 0.3) is 0 Å². The first-order valence-electron chi connectivity index (χ1n) is 4.61. The zero-order chi connectivity index (χ0) is 10.1. The molecule has 0 rings (SSSR count). The van der Waals surface area contributed by atoms with E-state index in [0.29, 0.717) is 19.8 Å². The molecule has 0 spiro atoms. The number of nitrogens with two attached hydrogens (primary N) is 1. The van der Waals surface area contributed by atoms with Crippen molar-refractivity contribution in [2.45, 2.75) is 19.8 Å². The smallest absolute Gasteiger partial charge is 0.310 e. The minimum atomic E-state index is -0.207. The molecule has 0 aromatic rings. The van der Waals surface area contributed by atoms with Gasteiger partial charge >= 0.3 is 5.97 Å². The van der Waals surface area contributed by atoms with Crippen LogP contribution in [0.5, 0.6) is 0 Å². The predicted molar refractivity (Wildman–Crippen MR) is 50.3 cm³/mol. The van der Waals surface area contributed by atoms with Gasteiger partial charge < -0.3 is 15.2 Å². The standard InChI is InChI=1S/C9H19NO3/c1-3-4-8(7-10)9(11)13-6-5-12-2/h8H,3-7,10H2,1-2H3. The Morgan fingerprint density at radius 1 is 1.46 bits per heavy atom. The summed E-state index contributed by atoms with van der Waals surface area (Å²) in [7, 11) is 1.57. The molecule has 0 aliphatic rings. The summed E-state index contributed by atoms with van der Waals surface area (Å²) in [4.78, 5) is 11.3. The number of hydrogen-bond acceptors (Lipinski definition) is 4. The van der Waals surface area contributed by atoms with Crippen molar-refractivity contribution < 1.29 is 14.3 Å². The Morgan fingerprint density at radius 3 is 2.62 bits per heavy atom. The Balaban J connectivity index is 3.64. The van der Waals surface area contributed by atoms with E-state index in [-0.39, 0.29) is 11.9 Å². The summed E-state index contributed by atoms with van der Waals surface area (Å²) in [6.45, 7) is 3.13. The van der Waals surface area contributed by atoms with Crippen LogP contribution in [0.1, 0.15) is 19.8 Å². The van der Waals surface area contributed by atoms with Gasteiger partial charge in [-0.15, -0.1) is 0 Å². The molecule has 1 atom stereocenters. The van der Waals surface area contributed by atoms with Crippen LogP contribution in [0.15, 0.2) is 0 Å². The van der Waals surface area contributed by atoms with Crippen LogP contribution >= 0.6 is 0 Å². The van der Waals surface area contributed by atoms with Crippen LogP contribution in [0.3, 0.4) is 0 Å². The second-order valence-electron chi connectivity index (χ2n) is 2.88. The minimum Gasteiger partial charge on any atom is -0.463 e. The third kappa shape index (κ3) is 5.60. The summed E-state index contributed by atoms with van der Waals surface area (Å²) >= 11 is 0. The van der Waals surface area contributed by atoms with Gasteiger partial charge in [-0.1, -0.05) is 13.3 Å². The van der Waals surface area contributed by atoms with Gasteiger partial charge in [0.15, 0.2) is 0 Å². The number of carbonyl (C=O) groups is 1. The van der Waals surface area contributed by atoms with Crippen molar-refractivity contribution >= 4 is 5.97 Å².